The van der Waals surface area contributed by atoms with E-state index in [1.54, 1.807) is 6.92 Å². The molecule has 1 atom stereocenters. The summed E-state index contributed by atoms with van der Waals surface area (Å²) in [4.78, 5) is 10.6. The van der Waals surface area contributed by atoms with E-state index in [1.165, 1.54) is 109 Å². The molecule has 0 bridgehead atoms. The summed E-state index contributed by atoms with van der Waals surface area (Å²) >= 11 is 0. The highest BCUT2D eigenvalue weighted by molar-refractivity contribution is 5.66. The van der Waals surface area contributed by atoms with Crippen LogP contribution in [0.5, 0.6) is 0 Å². The van der Waals surface area contributed by atoms with E-state index in [1.807, 2.05) is 0 Å². The van der Waals surface area contributed by atoms with Gasteiger partial charge in [-0.15, -0.1) is 0 Å². The van der Waals surface area contributed by atoms with Gasteiger partial charge in [0.15, 0.2) is 0 Å². The summed E-state index contributed by atoms with van der Waals surface area (Å²) in [5.41, 5.74) is 0. The number of hydrogen-bond donors (Lipinski definition) is 0. The standard InChI is InChI=1S/C23H46O2/c1-3-4-5-6-7-8-9-10-11-12-13-14-15-16-17-18-19-20-21-22(2)23(24)25/h22H,3-21H2,1-2H3,(H,24,25)/p-1. The van der Waals surface area contributed by atoms with Crippen LogP contribution >= 0.6 is 0 Å². The zero-order valence-corrected chi connectivity index (χ0v) is 17.3. The van der Waals surface area contributed by atoms with Crippen LogP contribution < -0.4 is 5.11 Å². The van der Waals surface area contributed by atoms with E-state index in [0.29, 0.717) is 0 Å². The minimum Gasteiger partial charge on any atom is -0.550 e. The first-order valence-electron chi connectivity index (χ1n) is 11.4. The Kier molecular flexibility index (Phi) is 19.4. The third-order valence-electron chi connectivity index (χ3n) is 5.39. The van der Waals surface area contributed by atoms with Gasteiger partial charge in [-0.3, -0.25) is 0 Å². The van der Waals surface area contributed by atoms with Crippen LogP contribution in [0.2, 0.25) is 0 Å². The van der Waals surface area contributed by atoms with Crippen molar-refractivity contribution in [2.75, 3.05) is 0 Å². The topological polar surface area (TPSA) is 40.1 Å². The number of carboxylic acids is 1. The third-order valence-corrected chi connectivity index (χ3v) is 5.39. The van der Waals surface area contributed by atoms with E-state index in [4.69, 9.17) is 0 Å². The molecule has 0 saturated carbocycles. The first-order chi connectivity index (χ1) is 12.2. The first kappa shape index (κ1) is 24.5. The molecule has 1 unspecified atom stereocenters. The van der Waals surface area contributed by atoms with Crippen molar-refractivity contribution in [1.29, 1.82) is 0 Å². The van der Waals surface area contributed by atoms with Gasteiger partial charge in [-0.25, -0.2) is 0 Å². The van der Waals surface area contributed by atoms with Crippen LogP contribution in [0.25, 0.3) is 0 Å². The molecule has 25 heavy (non-hydrogen) atoms. The summed E-state index contributed by atoms with van der Waals surface area (Å²) < 4.78 is 0. The van der Waals surface area contributed by atoms with Crippen molar-refractivity contribution in [3.8, 4) is 0 Å². The highest BCUT2D eigenvalue weighted by Gasteiger charge is 2.01. The molecule has 0 rings (SSSR count). The largest absolute Gasteiger partial charge is 0.550 e. The maximum atomic E-state index is 10.6. The maximum absolute atomic E-state index is 10.6. The second-order valence-corrected chi connectivity index (χ2v) is 8.02. The molecule has 0 aliphatic heterocycles. The Hall–Kier alpha value is -0.530. The molecule has 2 heteroatoms. The third kappa shape index (κ3) is 19.6. The van der Waals surface area contributed by atoms with Crippen LogP contribution in [0.3, 0.4) is 0 Å². The number of hydrogen-bond acceptors (Lipinski definition) is 2. The molecule has 0 aromatic rings. The molecular formula is C23H45O2-. The Morgan fingerprint density at radius 2 is 0.880 bits per heavy atom. The number of unbranched alkanes of at least 4 members (excludes halogenated alkanes) is 17. The average Bonchev–Trinajstić information content (AvgIpc) is 2.60. The SMILES string of the molecule is CCCCCCCCCCCCCCCCCCCCC(C)C(=O)[O-]. The van der Waals surface area contributed by atoms with Gasteiger partial charge in [-0.05, 0) is 12.3 Å². The quantitative estimate of drug-likeness (QED) is 0.226. The molecule has 0 amide bonds. The summed E-state index contributed by atoms with van der Waals surface area (Å²) in [5.74, 6) is -1.17. The van der Waals surface area contributed by atoms with Crippen molar-refractivity contribution in [3.05, 3.63) is 0 Å². The second kappa shape index (κ2) is 19.8. The fraction of sp³-hybridized carbons (Fsp3) is 0.957. The number of carbonyl (C=O) groups excluding carboxylic acids is 1. The predicted octanol–water partition coefficient (Wildman–Crippen LogP) is 6.80. The van der Waals surface area contributed by atoms with Crippen LogP contribution in [-0.2, 0) is 4.79 Å². The zero-order chi connectivity index (χ0) is 18.6. The minimum absolute atomic E-state index is 0.277. The molecule has 150 valence electrons. The summed E-state index contributed by atoms with van der Waals surface area (Å²) in [6.07, 6.45) is 25.4. The molecule has 0 aromatic carbocycles. The molecule has 0 aromatic heterocycles. The molecular weight excluding hydrogens is 308 g/mol. The molecule has 0 spiro atoms. The van der Waals surface area contributed by atoms with Crippen molar-refractivity contribution in [3.63, 3.8) is 0 Å². The number of rotatable bonds is 20. The van der Waals surface area contributed by atoms with E-state index < -0.39 is 5.97 Å². The van der Waals surface area contributed by atoms with E-state index in [2.05, 4.69) is 6.92 Å². The lowest BCUT2D eigenvalue weighted by atomic mass is 10.0. The van der Waals surface area contributed by atoms with Crippen molar-refractivity contribution in [2.45, 2.75) is 136 Å². The van der Waals surface area contributed by atoms with Crippen molar-refractivity contribution < 1.29 is 9.90 Å². The van der Waals surface area contributed by atoms with Crippen molar-refractivity contribution in [2.24, 2.45) is 5.92 Å². The Morgan fingerprint density at radius 3 is 1.16 bits per heavy atom. The van der Waals surface area contributed by atoms with E-state index >= 15 is 0 Å². The molecule has 0 saturated heterocycles. The van der Waals surface area contributed by atoms with Gasteiger partial charge in [0.2, 0.25) is 0 Å². The lowest BCUT2D eigenvalue weighted by Crippen LogP contribution is -2.29. The Bertz CT molecular complexity index is 275. The summed E-state index contributed by atoms with van der Waals surface area (Å²) in [6, 6.07) is 0. The van der Waals surface area contributed by atoms with Gasteiger partial charge in [0.1, 0.15) is 0 Å². The summed E-state index contributed by atoms with van der Waals surface area (Å²) in [6.45, 7) is 4.03. The second-order valence-electron chi connectivity index (χ2n) is 8.02. The predicted molar refractivity (Wildman–Crippen MR) is 108 cm³/mol. The Labute approximate surface area is 158 Å². The van der Waals surface area contributed by atoms with Gasteiger partial charge < -0.3 is 9.90 Å². The van der Waals surface area contributed by atoms with Crippen LogP contribution in [-0.4, -0.2) is 5.97 Å². The average molecular weight is 354 g/mol. The molecule has 0 N–H and O–H groups in total. The Balaban J connectivity index is 3.04. The van der Waals surface area contributed by atoms with Gasteiger partial charge in [-0.1, -0.05) is 129 Å². The van der Waals surface area contributed by atoms with Gasteiger partial charge >= 0.3 is 0 Å². The lowest BCUT2D eigenvalue weighted by Gasteiger charge is -2.11. The number of carbonyl (C=O) groups is 1. The minimum atomic E-state index is -0.896. The van der Waals surface area contributed by atoms with E-state index in [0.717, 1.165) is 12.8 Å². The summed E-state index contributed by atoms with van der Waals surface area (Å²) in [7, 11) is 0. The molecule has 0 radical (unpaired) electrons. The smallest absolute Gasteiger partial charge is 0.0442 e. The molecule has 0 heterocycles. The Morgan fingerprint density at radius 1 is 0.600 bits per heavy atom. The molecule has 0 fully saturated rings. The molecule has 0 aliphatic carbocycles. The fourth-order valence-corrected chi connectivity index (χ4v) is 3.47. The van der Waals surface area contributed by atoms with Crippen LogP contribution in [0.1, 0.15) is 136 Å². The van der Waals surface area contributed by atoms with Crippen molar-refractivity contribution >= 4 is 5.97 Å². The van der Waals surface area contributed by atoms with Gasteiger partial charge in [0.25, 0.3) is 0 Å². The molecule has 0 aliphatic rings. The van der Waals surface area contributed by atoms with E-state index in [9.17, 15) is 9.90 Å². The van der Waals surface area contributed by atoms with Crippen LogP contribution in [0.15, 0.2) is 0 Å². The summed E-state index contributed by atoms with van der Waals surface area (Å²) in [5, 5.41) is 10.6. The monoisotopic (exact) mass is 353 g/mol. The highest BCUT2D eigenvalue weighted by Crippen LogP contribution is 2.15. The zero-order valence-electron chi connectivity index (χ0n) is 17.3. The van der Waals surface area contributed by atoms with Crippen LogP contribution in [0, 0.1) is 5.92 Å². The highest BCUT2D eigenvalue weighted by atomic mass is 16.4. The number of carboxylic acid groups (broad SMARTS) is 1. The first-order valence-corrected chi connectivity index (χ1v) is 11.4. The van der Waals surface area contributed by atoms with E-state index in [-0.39, 0.29) is 5.92 Å². The maximum Gasteiger partial charge on any atom is 0.0442 e. The van der Waals surface area contributed by atoms with Gasteiger partial charge in [0.05, 0.1) is 0 Å². The van der Waals surface area contributed by atoms with Gasteiger partial charge in [-0.2, -0.15) is 0 Å². The normalized spacial score (nSPS) is 12.4. The number of aliphatic carboxylic acids is 1. The fourth-order valence-electron chi connectivity index (χ4n) is 3.47. The van der Waals surface area contributed by atoms with Crippen molar-refractivity contribution in [1.82, 2.24) is 0 Å². The van der Waals surface area contributed by atoms with Gasteiger partial charge in [0, 0.05) is 5.97 Å². The lowest BCUT2D eigenvalue weighted by molar-refractivity contribution is -0.311. The van der Waals surface area contributed by atoms with Crippen LogP contribution in [0.4, 0.5) is 0 Å². The molecule has 2 nitrogen and oxygen atoms in total.